The van der Waals surface area contributed by atoms with Crippen LogP contribution in [0.2, 0.25) is 0 Å². The molecule has 1 saturated heterocycles. The Kier molecular flexibility index (Phi) is 9.56. The van der Waals surface area contributed by atoms with Crippen LogP contribution in [0.15, 0.2) is 41.7 Å². The lowest BCUT2D eigenvalue weighted by Crippen LogP contribution is -2.55. The number of nitrogens with zero attached hydrogens (tertiary/aromatic N) is 6. The van der Waals surface area contributed by atoms with Crippen LogP contribution in [0.1, 0.15) is 5.56 Å². The lowest BCUT2D eigenvalue weighted by molar-refractivity contribution is -0.120. The summed E-state index contributed by atoms with van der Waals surface area (Å²) in [5, 5.41) is 7.53. The molecule has 1 aromatic heterocycles. The standard InChI is InChI=1S/C21H31N7O2.HI/c1-22-21(23-13-17-7-5-6-8-19(17)30-12-11-25(2)3)27-9-10-28(20(29)16-27)18-14-24-26(4)15-18;/h5-8,14-15H,9-13,16H2,1-4H3,(H,22,23);1H. The van der Waals surface area contributed by atoms with E-state index in [1.165, 1.54) is 0 Å². The van der Waals surface area contributed by atoms with Crippen LogP contribution in [0.4, 0.5) is 5.69 Å². The van der Waals surface area contributed by atoms with E-state index < -0.39 is 0 Å². The van der Waals surface area contributed by atoms with E-state index in [1.807, 2.05) is 56.5 Å². The summed E-state index contributed by atoms with van der Waals surface area (Å²) in [4.78, 5) is 22.9. The van der Waals surface area contributed by atoms with Crippen molar-refractivity contribution in [1.29, 1.82) is 0 Å². The van der Waals surface area contributed by atoms with Crippen molar-refractivity contribution >= 4 is 41.5 Å². The first kappa shape index (κ1) is 24.9. The van der Waals surface area contributed by atoms with Crippen molar-refractivity contribution in [3.63, 3.8) is 0 Å². The number of likely N-dealkylation sites (N-methyl/N-ethyl adjacent to an activating group) is 1. The maximum Gasteiger partial charge on any atom is 0.246 e. The van der Waals surface area contributed by atoms with Crippen molar-refractivity contribution in [3.8, 4) is 5.75 Å². The van der Waals surface area contributed by atoms with E-state index in [-0.39, 0.29) is 36.4 Å². The van der Waals surface area contributed by atoms with Gasteiger partial charge >= 0.3 is 0 Å². The Morgan fingerprint density at radius 3 is 2.71 bits per heavy atom. The number of ether oxygens (including phenoxy) is 1. The minimum Gasteiger partial charge on any atom is -0.492 e. The van der Waals surface area contributed by atoms with Gasteiger partial charge in [0.15, 0.2) is 5.96 Å². The van der Waals surface area contributed by atoms with Gasteiger partial charge in [0, 0.05) is 52.0 Å². The van der Waals surface area contributed by atoms with Gasteiger partial charge in [-0.1, -0.05) is 18.2 Å². The van der Waals surface area contributed by atoms with Crippen molar-refractivity contribution in [2.24, 2.45) is 12.0 Å². The number of carbonyl (C=O) groups is 1. The molecular weight excluding hydrogens is 509 g/mol. The van der Waals surface area contributed by atoms with E-state index in [0.717, 1.165) is 23.5 Å². The van der Waals surface area contributed by atoms with Gasteiger partial charge < -0.3 is 24.8 Å². The highest BCUT2D eigenvalue weighted by Gasteiger charge is 2.27. The first-order valence-electron chi connectivity index (χ1n) is 10.1. The summed E-state index contributed by atoms with van der Waals surface area (Å²) < 4.78 is 7.64. The molecule has 0 atom stereocenters. The van der Waals surface area contributed by atoms with E-state index in [1.54, 1.807) is 22.8 Å². The zero-order valence-corrected chi connectivity index (χ0v) is 20.9. The molecule has 31 heavy (non-hydrogen) atoms. The molecule has 2 heterocycles. The second-order valence-electron chi connectivity index (χ2n) is 7.50. The summed E-state index contributed by atoms with van der Waals surface area (Å²) in [5.41, 5.74) is 1.88. The number of carbonyl (C=O) groups excluding carboxylic acids is 1. The third-order valence-corrected chi connectivity index (χ3v) is 4.94. The number of halogens is 1. The van der Waals surface area contributed by atoms with Gasteiger partial charge in [0.2, 0.25) is 5.91 Å². The third-order valence-electron chi connectivity index (χ3n) is 4.94. The second-order valence-corrected chi connectivity index (χ2v) is 7.50. The average molecular weight is 541 g/mol. The Labute approximate surface area is 201 Å². The molecule has 2 aromatic rings. The van der Waals surface area contributed by atoms with Crippen LogP contribution in [-0.2, 0) is 18.4 Å². The highest BCUT2D eigenvalue weighted by molar-refractivity contribution is 14.0. The fourth-order valence-corrected chi connectivity index (χ4v) is 3.31. The van der Waals surface area contributed by atoms with E-state index >= 15 is 0 Å². The van der Waals surface area contributed by atoms with Gasteiger partial charge in [-0.2, -0.15) is 5.10 Å². The quantitative estimate of drug-likeness (QED) is 0.325. The Morgan fingerprint density at radius 1 is 1.29 bits per heavy atom. The summed E-state index contributed by atoms with van der Waals surface area (Å²) in [6.07, 6.45) is 3.57. The minimum atomic E-state index is 0. The molecule has 0 spiro atoms. The lowest BCUT2D eigenvalue weighted by atomic mass is 10.2. The van der Waals surface area contributed by atoms with Gasteiger partial charge in [0.05, 0.1) is 11.9 Å². The molecule has 1 aliphatic heterocycles. The van der Waals surface area contributed by atoms with Crippen molar-refractivity contribution in [1.82, 2.24) is 24.9 Å². The molecule has 1 amide bonds. The number of aliphatic imine (C=N–C) groups is 1. The van der Waals surface area contributed by atoms with Crippen LogP contribution in [0, 0.1) is 0 Å². The first-order chi connectivity index (χ1) is 14.5. The smallest absolute Gasteiger partial charge is 0.246 e. The Hall–Kier alpha value is -2.34. The van der Waals surface area contributed by atoms with Gasteiger partial charge in [-0.25, -0.2) is 0 Å². The first-order valence-corrected chi connectivity index (χ1v) is 10.1. The highest BCUT2D eigenvalue weighted by atomic mass is 127. The molecule has 10 heteroatoms. The van der Waals surface area contributed by atoms with Crippen LogP contribution in [0.3, 0.4) is 0 Å². The van der Waals surface area contributed by atoms with Gasteiger partial charge in [-0.3, -0.25) is 14.5 Å². The molecule has 0 saturated carbocycles. The molecule has 1 fully saturated rings. The maximum atomic E-state index is 12.7. The van der Waals surface area contributed by atoms with Crippen molar-refractivity contribution in [2.45, 2.75) is 6.54 Å². The predicted octanol–water partition coefficient (Wildman–Crippen LogP) is 1.40. The zero-order chi connectivity index (χ0) is 21.5. The Balaban J connectivity index is 0.00000341. The molecule has 170 valence electrons. The molecule has 0 aliphatic carbocycles. The lowest BCUT2D eigenvalue weighted by Gasteiger charge is -2.35. The third kappa shape index (κ3) is 6.82. The van der Waals surface area contributed by atoms with Gasteiger partial charge in [-0.05, 0) is 20.2 Å². The number of benzene rings is 1. The molecule has 1 aliphatic rings. The Morgan fingerprint density at radius 2 is 2.06 bits per heavy atom. The molecule has 0 radical (unpaired) electrons. The van der Waals surface area contributed by atoms with Crippen LogP contribution in [0.5, 0.6) is 5.75 Å². The van der Waals surface area contributed by atoms with Crippen LogP contribution in [0.25, 0.3) is 0 Å². The number of rotatable bonds is 7. The largest absolute Gasteiger partial charge is 0.492 e. The minimum absolute atomic E-state index is 0. The molecule has 9 nitrogen and oxygen atoms in total. The SMILES string of the molecule is CN=C(NCc1ccccc1OCCN(C)C)N1CCN(c2cnn(C)c2)C(=O)C1.I. The number of hydrogen-bond donors (Lipinski definition) is 1. The number of aromatic nitrogens is 2. The van der Waals surface area contributed by atoms with Crippen LogP contribution >= 0.6 is 24.0 Å². The zero-order valence-electron chi connectivity index (χ0n) is 18.6. The molecule has 0 unspecified atom stereocenters. The summed E-state index contributed by atoms with van der Waals surface area (Å²) in [6.45, 7) is 3.62. The predicted molar refractivity (Wildman–Crippen MR) is 133 cm³/mol. The van der Waals surface area contributed by atoms with Gasteiger partial charge in [0.25, 0.3) is 0 Å². The van der Waals surface area contributed by atoms with E-state index in [4.69, 9.17) is 4.74 Å². The molecule has 0 bridgehead atoms. The van der Waals surface area contributed by atoms with Crippen LogP contribution < -0.4 is 15.0 Å². The highest BCUT2D eigenvalue weighted by Crippen LogP contribution is 2.19. The van der Waals surface area contributed by atoms with Crippen molar-refractivity contribution in [2.75, 3.05) is 58.8 Å². The van der Waals surface area contributed by atoms with E-state index in [0.29, 0.717) is 32.2 Å². The number of hydrogen-bond acceptors (Lipinski definition) is 5. The van der Waals surface area contributed by atoms with Crippen LogP contribution in [-0.4, -0.2) is 85.4 Å². The summed E-state index contributed by atoms with van der Waals surface area (Å²) in [5.74, 6) is 1.60. The molecule has 1 N–H and O–H groups in total. The number of aryl methyl sites for hydroxylation is 1. The fourth-order valence-electron chi connectivity index (χ4n) is 3.31. The van der Waals surface area contributed by atoms with Gasteiger partial charge in [0.1, 0.15) is 18.9 Å². The second kappa shape index (κ2) is 11.9. The Bertz CT molecular complexity index is 884. The number of nitrogens with one attached hydrogen (secondary N) is 1. The summed E-state index contributed by atoms with van der Waals surface area (Å²) in [6, 6.07) is 7.98. The van der Waals surface area contributed by atoms with Crippen molar-refractivity contribution < 1.29 is 9.53 Å². The number of para-hydroxylation sites is 1. The number of piperazine rings is 1. The number of anilines is 1. The van der Waals surface area contributed by atoms with E-state index in [2.05, 4.69) is 20.3 Å². The topological polar surface area (TPSA) is 78.2 Å². The number of amides is 1. The fraction of sp³-hybridized carbons (Fsp3) is 0.476. The summed E-state index contributed by atoms with van der Waals surface area (Å²) >= 11 is 0. The normalized spacial score (nSPS) is 14.6. The monoisotopic (exact) mass is 541 g/mol. The van der Waals surface area contributed by atoms with Gasteiger partial charge in [-0.15, -0.1) is 24.0 Å². The molecule has 3 rings (SSSR count). The average Bonchev–Trinajstić information content (AvgIpc) is 3.15. The summed E-state index contributed by atoms with van der Waals surface area (Å²) in [7, 11) is 7.63. The van der Waals surface area contributed by atoms with Crippen molar-refractivity contribution in [3.05, 3.63) is 42.2 Å². The molecule has 1 aromatic carbocycles. The maximum absolute atomic E-state index is 12.7. The number of guanidine groups is 1. The van der Waals surface area contributed by atoms with E-state index in [9.17, 15) is 4.79 Å². The molecular formula is C21H32IN7O2.